The fraction of sp³-hybridized carbons (Fsp3) is 0.500. The van der Waals surface area contributed by atoms with Crippen LogP contribution in [0.2, 0.25) is 0 Å². The monoisotopic (exact) mass is 452 g/mol. The molecule has 0 unspecified atom stereocenters. The maximum atomic E-state index is 12.9. The number of carbonyl (C=O) groups excluding carboxylic acids is 1. The number of rotatable bonds is 9. The molecule has 1 saturated carbocycles. The van der Waals surface area contributed by atoms with Crippen molar-refractivity contribution in [2.45, 2.75) is 71.3 Å². The highest BCUT2D eigenvalue weighted by Gasteiger charge is 2.28. The van der Waals surface area contributed by atoms with E-state index < -0.39 is 11.9 Å². The minimum atomic E-state index is -0.893. The van der Waals surface area contributed by atoms with Gasteiger partial charge in [0.15, 0.2) is 5.78 Å². The predicted molar refractivity (Wildman–Crippen MR) is 129 cm³/mol. The predicted octanol–water partition coefficient (Wildman–Crippen LogP) is 6.51. The maximum Gasteiger partial charge on any atom is 0.306 e. The molecule has 0 spiro atoms. The number of carbonyl (C=O) groups is 2. The zero-order chi connectivity index (χ0) is 22.7. The molecule has 3 aromatic rings. The number of hydrogen-bond acceptors (Lipinski definition) is 4. The van der Waals surface area contributed by atoms with Gasteiger partial charge in [-0.1, -0.05) is 39.2 Å². The molecule has 1 N–H and O–H groups in total. The Hall–Kier alpha value is -2.47. The number of ketones is 1. The van der Waals surface area contributed by atoms with Gasteiger partial charge >= 0.3 is 5.97 Å². The van der Waals surface area contributed by atoms with Crippen LogP contribution in [0.5, 0.6) is 0 Å². The second-order valence-electron chi connectivity index (χ2n) is 9.14. The number of thiophene rings is 1. The molecule has 32 heavy (non-hydrogen) atoms. The summed E-state index contributed by atoms with van der Waals surface area (Å²) < 4.78 is 2.42. The third kappa shape index (κ3) is 4.80. The van der Waals surface area contributed by atoms with Crippen LogP contribution in [0.4, 0.5) is 0 Å². The van der Waals surface area contributed by atoms with Crippen LogP contribution in [0.25, 0.3) is 11.0 Å². The van der Waals surface area contributed by atoms with Gasteiger partial charge in [-0.15, -0.1) is 11.3 Å². The zero-order valence-electron chi connectivity index (χ0n) is 18.9. The van der Waals surface area contributed by atoms with Crippen LogP contribution in [0.3, 0.4) is 0 Å². The molecule has 1 fully saturated rings. The van der Waals surface area contributed by atoms with Gasteiger partial charge in [-0.25, -0.2) is 4.98 Å². The molecule has 1 aromatic carbocycles. The second kappa shape index (κ2) is 9.99. The average molecular weight is 453 g/mol. The third-order valence-electron chi connectivity index (χ3n) is 6.81. The molecular weight excluding hydrogens is 420 g/mol. The standard InChI is InChI=1S/C26H32N2O3S/c1-3-7-19(26(30)31)15-24(29)18-11-12-23-21(14-18)27-25(16-20-9-6-13-32-20)28(23)22-10-5-4-8-17(22)2/h6,9,11-14,17,19,22H,3-5,7-8,10,15-16H2,1-2H3,(H,30,31)/t17-,19-,22-/m1/s1. The van der Waals surface area contributed by atoms with Gasteiger partial charge in [-0.05, 0) is 54.8 Å². The minimum Gasteiger partial charge on any atom is -0.481 e. The number of imidazole rings is 1. The Morgan fingerprint density at radius 2 is 2.06 bits per heavy atom. The first-order valence-corrected chi connectivity index (χ1v) is 12.6. The minimum absolute atomic E-state index is 0.0388. The largest absolute Gasteiger partial charge is 0.481 e. The second-order valence-corrected chi connectivity index (χ2v) is 10.2. The molecule has 0 bridgehead atoms. The van der Waals surface area contributed by atoms with Crippen LogP contribution >= 0.6 is 11.3 Å². The van der Waals surface area contributed by atoms with Crippen molar-refractivity contribution in [1.29, 1.82) is 0 Å². The number of carboxylic acids is 1. The Kier molecular flexibility index (Phi) is 7.09. The van der Waals surface area contributed by atoms with Crippen molar-refractivity contribution in [2.75, 3.05) is 0 Å². The number of aliphatic carboxylic acids is 1. The maximum absolute atomic E-state index is 12.9. The summed E-state index contributed by atoms with van der Waals surface area (Å²) in [5.41, 5.74) is 2.47. The smallest absolute Gasteiger partial charge is 0.306 e. The molecule has 170 valence electrons. The number of aromatic nitrogens is 2. The summed E-state index contributed by atoms with van der Waals surface area (Å²) in [6.45, 7) is 4.28. The molecule has 3 atom stereocenters. The van der Waals surface area contributed by atoms with Gasteiger partial charge in [-0.2, -0.15) is 0 Å². The van der Waals surface area contributed by atoms with Crippen LogP contribution in [-0.4, -0.2) is 26.4 Å². The van der Waals surface area contributed by atoms with E-state index in [2.05, 4.69) is 29.0 Å². The molecule has 0 aliphatic heterocycles. The lowest BCUT2D eigenvalue weighted by molar-refractivity contribution is -0.141. The molecular formula is C26H32N2O3S. The van der Waals surface area contributed by atoms with Crippen LogP contribution in [0.15, 0.2) is 35.7 Å². The van der Waals surface area contributed by atoms with E-state index in [4.69, 9.17) is 4.98 Å². The summed E-state index contributed by atoms with van der Waals surface area (Å²) in [6.07, 6.45) is 6.99. The number of carboxylic acid groups (broad SMARTS) is 1. The Morgan fingerprint density at radius 3 is 2.75 bits per heavy atom. The first kappa shape index (κ1) is 22.7. The molecule has 1 aliphatic rings. The van der Waals surface area contributed by atoms with Crippen molar-refractivity contribution in [3.05, 3.63) is 52.0 Å². The fourth-order valence-electron chi connectivity index (χ4n) is 5.07. The summed E-state index contributed by atoms with van der Waals surface area (Å²) in [5.74, 6) is 0.0107. The van der Waals surface area contributed by atoms with E-state index in [0.29, 0.717) is 23.9 Å². The van der Waals surface area contributed by atoms with Gasteiger partial charge in [0.2, 0.25) is 0 Å². The highest BCUT2D eigenvalue weighted by Crippen LogP contribution is 2.37. The zero-order valence-corrected chi connectivity index (χ0v) is 19.7. The van der Waals surface area contributed by atoms with Gasteiger partial charge in [0, 0.05) is 29.3 Å². The summed E-state index contributed by atoms with van der Waals surface area (Å²) in [4.78, 5) is 30.7. The normalized spacial score (nSPS) is 19.8. The Morgan fingerprint density at radius 1 is 1.25 bits per heavy atom. The van der Waals surface area contributed by atoms with Crippen molar-refractivity contribution in [1.82, 2.24) is 9.55 Å². The van der Waals surface area contributed by atoms with E-state index in [1.54, 1.807) is 11.3 Å². The Balaban J connectivity index is 1.70. The summed E-state index contributed by atoms with van der Waals surface area (Å²) in [5, 5.41) is 11.5. The number of Topliss-reactive ketones (excluding diaryl/α,β-unsaturated/α-hetero) is 1. The summed E-state index contributed by atoms with van der Waals surface area (Å²) in [7, 11) is 0. The highest BCUT2D eigenvalue weighted by atomic mass is 32.1. The van der Waals surface area contributed by atoms with E-state index in [1.807, 2.05) is 25.1 Å². The third-order valence-corrected chi connectivity index (χ3v) is 7.69. The Labute approximate surface area is 193 Å². The van der Waals surface area contributed by atoms with Crippen molar-refractivity contribution in [3.63, 3.8) is 0 Å². The highest BCUT2D eigenvalue weighted by molar-refractivity contribution is 7.09. The SMILES string of the molecule is CCC[C@H](CC(=O)c1ccc2c(c1)nc(Cc1cccs1)n2[C@@H]1CCCC[C@H]1C)C(=O)O. The van der Waals surface area contributed by atoms with E-state index in [1.165, 1.54) is 24.1 Å². The van der Waals surface area contributed by atoms with E-state index >= 15 is 0 Å². The van der Waals surface area contributed by atoms with Crippen LogP contribution < -0.4 is 0 Å². The number of nitrogens with zero attached hydrogens (tertiary/aromatic N) is 2. The first-order chi connectivity index (χ1) is 15.5. The summed E-state index contributed by atoms with van der Waals surface area (Å²) >= 11 is 1.74. The number of benzene rings is 1. The molecule has 2 aromatic heterocycles. The van der Waals surface area contributed by atoms with Gasteiger partial charge in [0.25, 0.3) is 0 Å². The van der Waals surface area contributed by atoms with Crippen molar-refractivity contribution in [3.8, 4) is 0 Å². The molecule has 4 rings (SSSR count). The van der Waals surface area contributed by atoms with Crippen molar-refractivity contribution in [2.24, 2.45) is 11.8 Å². The molecule has 2 heterocycles. The van der Waals surface area contributed by atoms with Gasteiger partial charge < -0.3 is 9.67 Å². The van der Waals surface area contributed by atoms with Crippen molar-refractivity contribution < 1.29 is 14.7 Å². The molecule has 0 radical (unpaired) electrons. The lowest BCUT2D eigenvalue weighted by Gasteiger charge is -2.31. The average Bonchev–Trinajstić information content (AvgIpc) is 3.41. The topological polar surface area (TPSA) is 72.2 Å². The molecule has 6 heteroatoms. The number of fused-ring (bicyclic) bond motifs is 1. The molecule has 0 saturated heterocycles. The lowest BCUT2D eigenvalue weighted by atomic mass is 9.85. The van der Waals surface area contributed by atoms with Crippen LogP contribution in [-0.2, 0) is 11.2 Å². The molecule has 0 amide bonds. The molecule has 1 aliphatic carbocycles. The number of hydrogen-bond donors (Lipinski definition) is 1. The van der Waals surface area contributed by atoms with Crippen molar-refractivity contribution >= 4 is 34.1 Å². The van der Waals surface area contributed by atoms with E-state index in [-0.39, 0.29) is 12.2 Å². The van der Waals surface area contributed by atoms with Gasteiger partial charge in [0.05, 0.1) is 17.0 Å². The summed E-state index contributed by atoms with van der Waals surface area (Å²) in [6, 6.07) is 10.4. The van der Waals surface area contributed by atoms with Crippen LogP contribution in [0.1, 0.15) is 85.9 Å². The van der Waals surface area contributed by atoms with Gasteiger partial charge in [-0.3, -0.25) is 9.59 Å². The van der Waals surface area contributed by atoms with E-state index in [9.17, 15) is 14.7 Å². The lowest BCUT2D eigenvalue weighted by Crippen LogP contribution is -2.23. The van der Waals surface area contributed by atoms with Gasteiger partial charge in [0.1, 0.15) is 5.82 Å². The van der Waals surface area contributed by atoms with E-state index in [0.717, 1.165) is 36.1 Å². The van der Waals surface area contributed by atoms with Crippen LogP contribution in [0, 0.1) is 11.8 Å². The molecule has 5 nitrogen and oxygen atoms in total. The first-order valence-electron chi connectivity index (χ1n) is 11.8. The quantitative estimate of drug-likeness (QED) is 0.375. The Bertz CT molecular complexity index is 1090. The fourth-order valence-corrected chi connectivity index (χ4v) is 5.77.